The molecule has 226 valence electrons. The minimum atomic E-state index is -5.09. The summed E-state index contributed by atoms with van der Waals surface area (Å²) in [7, 11) is 0. The fourth-order valence-corrected chi connectivity index (χ4v) is 4.15. The van der Waals surface area contributed by atoms with Gasteiger partial charge >= 0.3 is 24.8 Å². The number of carboxylic acid groups (broad SMARTS) is 1. The first-order valence-electron chi connectivity index (χ1n) is 11.8. The van der Waals surface area contributed by atoms with Crippen molar-refractivity contribution in [3.63, 3.8) is 0 Å². The summed E-state index contributed by atoms with van der Waals surface area (Å²) in [6, 6.07) is 10.7. The molecular weight excluding hydrogens is 587 g/mol. The molecule has 0 bridgehead atoms. The maximum atomic E-state index is 14.8. The highest BCUT2D eigenvalue weighted by atomic mass is 19.4. The van der Waals surface area contributed by atoms with Crippen molar-refractivity contribution in [2.45, 2.75) is 43.1 Å². The van der Waals surface area contributed by atoms with Crippen LogP contribution in [0.1, 0.15) is 23.1 Å². The predicted octanol–water partition coefficient (Wildman–Crippen LogP) is 6.39. The molecule has 2 amide bonds. The maximum Gasteiger partial charge on any atom is 0.461 e. The lowest BCUT2D eigenvalue weighted by atomic mass is 9.77. The Morgan fingerprint density at radius 2 is 1.45 bits per heavy atom. The lowest BCUT2D eigenvalue weighted by Gasteiger charge is -2.38. The van der Waals surface area contributed by atoms with Crippen molar-refractivity contribution < 1.29 is 58.9 Å². The van der Waals surface area contributed by atoms with E-state index in [-0.39, 0.29) is 5.56 Å². The summed E-state index contributed by atoms with van der Waals surface area (Å²) >= 11 is 0. The van der Waals surface area contributed by atoms with Crippen LogP contribution < -0.4 is 15.4 Å². The van der Waals surface area contributed by atoms with Crippen molar-refractivity contribution in [3.05, 3.63) is 101 Å². The molecule has 42 heavy (non-hydrogen) atoms. The van der Waals surface area contributed by atoms with Gasteiger partial charge < -0.3 is 20.5 Å². The summed E-state index contributed by atoms with van der Waals surface area (Å²) in [6.45, 7) is 0. The van der Waals surface area contributed by atoms with E-state index in [2.05, 4.69) is 10.1 Å². The molecule has 2 atom stereocenters. The van der Waals surface area contributed by atoms with Crippen LogP contribution in [0.2, 0.25) is 0 Å². The number of hydrogen-bond acceptors (Lipinski definition) is 3. The first kappa shape index (κ1) is 32.1. The standard InChI is InChI=1S/C27H21F9N2O4/c28-18-8-6-16(7-9-18)25(13-15-4-2-1-3-5-15,38-22(39)21(37-24(40)41)14-26(32,33)34)17-10-19(29)12-20(11-17)42-27(35,36)23(30)31/h1-12,21,23,37H,13-14H2,(H,38,39)(H,40,41)/t21-,25+/m0/s1. The molecule has 0 saturated heterocycles. The molecule has 0 radical (unpaired) electrons. The highest BCUT2D eigenvalue weighted by Crippen LogP contribution is 2.38. The molecule has 3 N–H and O–H groups in total. The topological polar surface area (TPSA) is 87.7 Å². The van der Waals surface area contributed by atoms with Crippen LogP contribution in [0.25, 0.3) is 0 Å². The third-order valence-electron chi connectivity index (χ3n) is 5.91. The number of ether oxygens (including phenoxy) is 1. The average Bonchev–Trinajstić information content (AvgIpc) is 2.87. The van der Waals surface area contributed by atoms with E-state index >= 15 is 0 Å². The number of halogens is 9. The molecule has 0 spiro atoms. The van der Waals surface area contributed by atoms with E-state index in [1.54, 1.807) is 6.07 Å². The van der Waals surface area contributed by atoms with Gasteiger partial charge in [-0.3, -0.25) is 4.79 Å². The first-order chi connectivity index (χ1) is 19.5. The Labute approximate surface area is 232 Å². The van der Waals surface area contributed by atoms with Crippen LogP contribution in [0.4, 0.5) is 44.3 Å². The molecule has 0 aliphatic heterocycles. The zero-order valence-corrected chi connectivity index (χ0v) is 21.1. The summed E-state index contributed by atoms with van der Waals surface area (Å²) in [5.74, 6) is -4.86. The van der Waals surface area contributed by atoms with E-state index in [1.165, 1.54) is 29.6 Å². The van der Waals surface area contributed by atoms with E-state index in [9.17, 15) is 49.1 Å². The van der Waals surface area contributed by atoms with Crippen LogP contribution >= 0.6 is 0 Å². The van der Waals surface area contributed by atoms with E-state index in [4.69, 9.17) is 5.11 Å². The van der Waals surface area contributed by atoms with Gasteiger partial charge in [-0.15, -0.1) is 0 Å². The number of rotatable bonds is 11. The van der Waals surface area contributed by atoms with Crippen LogP contribution in [-0.2, 0) is 16.8 Å². The summed E-state index contributed by atoms with van der Waals surface area (Å²) in [4.78, 5) is 24.5. The van der Waals surface area contributed by atoms with E-state index < -0.39 is 78.1 Å². The summed E-state index contributed by atoms with van der Waals surface area (Å²) < 4.78 is 126. The molecule has 3 rings (SSSR count). The number of carbonyl (C=O) groups excluding carboxylic acids is 1. The van der Waals surface area contributed by atoms with Crippen molar-refractivity contribution >= 4 is 12.0 Å². The molecule has 3 aromatic carbocycles. The summed E-state index contributed by atoms with van der Waals surface area (Å²) in [5.41, 5.74) is -2.52. The fraction of sp³-hybridized carbons (Fsp3) is 0.259. The number of alkyl halides is 7. The average molecular weight is 608 g/mol. The largest absolute Gasteiger partial charge is 0.465 e. The first-order valence-corrected chi connectivity index (χ1v) is 11.8. The molecule has 0 unspecified atom stereocenters. The third kappa shape index (κ3) is 8.30. The zero-order chi connectivity index (χ0) is 31.3. The van der Waals surface area contributed by atoms with Crippen LogP contribution in [-0.4, -0.2) is 41.9 Å². The molecule has 0 heterocycles. The van der Waals surface area contributed by atoms with Crippen molar-refractivity contribution in [2.24, 2.45) is 0 Å². The predicted molar refractivity (Wildman–Crippen MR) is 129 cm³/mol. The fourth-order valence-electron chi connectivity index (χ4n) is 4.15. The molecule has 6 nitrogen and oxygen atoms in total. The molecule has 15 heteroatoms. The number of benzene rings is 3. The van der Waals surface area contributed by atoms with Crippen molar-refractivity contribution in [3.8, 4) is 5.75 Å². The quantitative estimate of drug-likeness (QED) is 0.220. The lowest BCUT2D eigenvalue weighted by Crippen LogP contribution is -2.56. The van der Waals surface area contributed by atoms with Crippen LogP contribution in [0.15, 0.2) is 72.8 Å². The molecule has 0 aliphatic carbocycles. The highest BCUT2D eigenvalue weighted by molar-refractivity contribution is 5.86. The van der Waals surface area contributed by atoms with Crippen molar-refractivity contribution in [1.82, 2.24) is 10.6 Å². The number of amides is 2. The second-order valence-electron chi connectivity index (χ2n) is 9.03. The van der Waals surface area contributed by atoms with Gasteiger partial charge in [-0.2, -0.15) is 30.7 Å². The number of nitrogens with one attached hydrogen (secondary N) is 2. The Bertz CT molecular complexity index is 1390. The van der Waals surface area contributed by atoms with Gasteiger partial charge in [0.05, 0.1) is 12.0 Å². The Kier molecular flexibility index (Phi) is 9.64. The molecule has 0 fully saturated rings. The molecular formula is C27H21F9N2O4. The Balaban J connectivity index is 2.29. The monoisotopic (exact) mass is 608 g/mol. The zero-order valence-electron chi connectivity index (χ0n) is 21.1. The summed E-state index contributed by atoms with van der Waals surface area (Å²) in [5, 5.41) is 12.8. The smallest absolute Gasteiger partial charge is 0.461 e. The Hall–Kier alpha value is -4.43. The van der Waals surface area contributed by atoms with Crippen LogP contribution in [0.5, 0.6) is 5.75 Å². The third-order valence-corrected chi connectivity index (χ3v) is 5.91. The van der Waals surface area contributed by atoms with Gasteiger partial charge in [-0.25, -0.2) is 13.6 Å². The second-order valence-corrected chi connectivity index (χ2v) is 9.03. The van der Waals surface area contributed by atoms with Gasteiger partial charge in [-0.05, 0) is 41.0 Å². The van der Waals surface area contributed by atoms with Crippen molar-refractivity contribution in [2.75, 3.05) is 0 Å². The molecule has 0 aromatic heterocycles. The Morgan fingerprint density at radius 1 is 0.833 bits per heavy atom. The van der Waals surface area contributed by atoms with Crippen molar-refractivity contribution in [1.29, 1.82) is 0 Å². The van der Waals surface area contributed by atoms with Crippen LogP contribution in [0, 0.1) is 11.6 Å². The number of carbonyl (C=O) groups is 2. The lowest BCUT2D eigenvalue weighted by molar-refractivity contribution is -0.253. The summed E-state index contributed by atoms with van der Waals surface area (Å²) in [6.07, 6.45) is -18.9. The number of hydrogen-bond donors (Lipinski definition) is 3. The van der Waals surface area contributed by atoms with Gasteiger partial charge in [0, 0.05) is 12.5 Å². The SMILES string of the molecule is O=C(O)N[C@@H](CC(F)(F)F)C(=O)N[C@](Cc1ccccc1)(c1ccc(F)cc1)c1cc(F)cc(OC(F)(F)C(F)F)c1. The molecule has 0 aliphatic rings. The second kappa shape index (κ2) is 12.6. The Morgan fingerprint density at radius 3 is 2.00 bits per heavy atom. The minimum Gasteiger partial charge on any atom is -0.465 e. The van der Waals surface area contributed by atoms with E-state index in [1.807, 2.05) is 0 Å². The highest BCUT2D eigenvalue weighted by Gasteiger charge is 2.45. The van der Waals surface area contributed by atoms with Gasteiger partial charge in [0.25, 0.3) is 0 Å². The van der Waals surface area contributed by atoms with Gasteiger partial charge in [0.1, 0.15) is 23.4 Å². The van der Waals surface area contributed by atoms with Gasteiger partial charge in [-0.1, -0.05) is 42.5 Å². The van der Waals surface area contributed by atoms with Gasteiger partial charge in [0.2, 0.25) is 5.91 Å². The molecule has 0 saturated carbocycles. The van der Waals surface area contributed by atoms with E-state index in [0.717, 1.165) is 24.3 Å². The minimum absolute atomic E-state index is 0.126. The van der Waals surface area contributed by atoms with E-state index in [0.29, 0.717) is 23.8 Å². The normalized spacial score (nSPS) is 14.1. The van der Waals surface area contributed by atoms with Crippen LogP contribution in [0.3, 0.4) is 0 Å². The maximum absolute atomic E-state index is 14.8. The van der Waals surface area contributed by atoms with Gasteiger partial charge in [0.15, 0.2) is 0 Å². The molecule has 3 aromatic rings.